The Bertz CT molecular complexity index is 833. The number of fused-ring (bicyclic) bond motifs is 2. The Labute approximate surface area is 145 Å². The molecule has 1 fully saturated rings. The smallest absolute Gasteiger partial charge is 0.308 e. The minimum absolute atomic E-state index is 0.103. The monoisotopic (exact) mass is 334 g/mol. The summed E-state index contributed by atoms with van der Waals surface area (Å²) in [5.74, 6) is -1.48. The van der Waals surface area contributed by atoms with Crippen molar-refractivity contribution in [3.05, 3.63) is 72.1 Å². The van der Waals surface area contributed by atoms with Gasteiger partial charge in [0.1, 0.15) is 0 Å². The number of pyridine rings is 1. The first-order valence-electron chi connectivity index (χ1n) is 8.38. The molecule has 1 amide bonds. The number of nitrogens with zero attached hydrogens (tertiary/aromatic N) is 2. The second-order valence-corrected chi connectivity index (χ2v) is 6.48. The quantitative estimate of drug-likeness (QED) is 0.937. The van der Waals surface area contributed by atoms with Crippen LogP contribution in [-0.4, -0.2) is 39.0 Å². The Kier molecular flexibility index (Phi) is 3.84. The van der Waals surface area contributed by atoms with E-state index in [-0.39, 0.29) is 18.0 Å². The van der Waals surface area contributed by atoms with Gasteiger partial charge in [-0.3, -0.25) is 14.6 Å². The van der Waals surface area contributed by atoms with Gasteiger partial charge < -0.3 is 10.0 Å². The van der Waals surface area contributed by atoms with E-state index in [1.807, 2.05) is 30.3 Å². The molecule has 2 aliphatic rings. The van der Waals surface area contributed by atoms with Crippen LogP contribution in [0.25, 0.3) is 5.57 Å². The van der Waals surface area contributed by atoms with E-state index in [0.29, 0.717) is 18.4 Å². The molecule has 3 heterocycles. The zero-order valence-corrected chi connectivity index (χ0v) is 13.6. The number of benzene rings is 1. The lowest BCUT2D eigenvalue weighted by molar-refractivity contribution is -0.142. The van der Waals surface area contributed by atoms with Gasteiger partial charge in [-0.1, -0.05) is 30.3 Å². The van der Waals surface area contributed by atoms with Crippen LogP contribution in [0.4, 0.5) is 0 Å². The molecule has 5 heteroatoms. The van der Waals surface area contributed by atoms with Crippen LogP contribution in [0.15, 0.2) is 60.9 Å². The summed E-state index contributed by atoms with van der Waals surface area (Å²) in [7, 11) is 0. The van der Waals surface area contributed by atoms with Crippen LogP contribution in [0.5, 0.6) is 0 Å². The van der Waals surface area contributed by atoms with Crippen LogP contribution >= 0.6 is 0 Å². The summed E-state index contributed by atoms with van der Waals surface area (Å²) in [5.41, 5.74) is 2.54. The van der Waals surface area contributed by atoms with Crippen molar-refractivity contribution < 1.29 is 14.7 Å². The maximum Gasteiger partial charge on any atom is 0.308 e. The number of aliphatic carboxylic acids is 1. The number of rotatable bonds is 3. The Balaban J connectivity index is 1.74. The number of aromatic nitrogens is 1. The van der Waals surface area contributed by atoms with Gasteiger partial charge in [-0.25, -0.2) is 0 Å². The lowest BCUT2D eigenvalue weighted by Crippen LogP contribution is -2.45. The fourth-order valence-corrected chi connectivity index (χ4v) is 4.01. The zero-order chi connectivity index (χ0) is 17.4. The molecule has 1 aromatic carbocycles. The topological polar surface area (TPSA) is 70.5 Å². The van der Waals surface area contributed by atoms with Crippen LogP contribution in [0.1, 0.15) is 28.8 Å². The zero-order valence-electron chi connectivity index (χ0n) is 13.6. The fourth-order valence-electron chi connectivity index (χ4n) is 4.01. The lowest BCUT2D eigenvalue weighted by atomic mass is 9.94. The van der Waals surface area contributed by atoms with Gasteiger partial charge >= 0.3 is 5.97 Å². The van der Waals surface area contributed by atoms with Gasteiger partial charge in [-0.2, -0.15) is 0 Å². The van der Waals surface area contributed by atoms with Crippen LogP contribution in [0, 0.1) is 5.92 Å². The first-order chi connectivity index (χ1) is 12.2. The molecule has 0 radical (unpaired) electrons. The number of carbonyl (C=O) groups excluding carboxylic acids is 1. The molecule has 1 aromatic heterocycles. The van der Waals surface area contributed by atoms with Gasteiger partial charge in [0.05, 0.1) is 12.0 Å². The molecule has 2 aliphatic heterocycles. The number of carbonyl (C=O) groups is 2. The van der Waals surface area contributed by atoms with Crippen LogP contribution in [0.2, 0.25) is 0 Å². The van der Waals surface area contributed by atoms with E-state index in [1.165, 1.54) is 0 Å². The Morgan fingerprint density at radius 1 is 1.12 bits per heavy atom. The molecule has 0 aliphatic carbocycles. The average molecular weight is 334 g/mol. The third-order valence-corrected chi connectivity index (χ3v) is 5.14. The summed E-state index contributed by atoms with van der Waals surface area (Å²) >= 11 is 0. The summed E-state index contributed by atoms with van der Waals surface area (Å²) in [6.45, 7) is 0. The Morgan fingerprint density at radius 2 is 1.92 bits per heavy atom. The second kappa shape index (κ2) is 6.16. The molecule has 4 rings (SSSR count). The summed E-state index contributed by atoms with van der Waals surface area (Å²) in [6.07, 6.45) is 6.54. The van der Waals surface area contributed by atoms with Crippen molar-refractivity contribution in [3.63, 3.8) is 0 Å². The lowest BCUT2D eigenvalue weighted by Gasteiger charge is -2.35. The predicted molar refractivity (Wildman–Crippen MR) is 92.8 cm³/mol. The van der Waals surface area contributed by atoms with Crippen LogP contribution < -0.4 is 0 Å². The number of hydrogen-bond acceptors (Lipinski definition) is 3. The van der Waals surface area contributed by atoms with E-state index < -0.39 is 11.9 Å². The minimum Gasteiger partial charge on any atom is -0.481 e. The van der Waals surface area contributed by atoms with E-state index in [2.05, 4.69) is 11.1 Å². The molecule has 126 valence electrons. The van der Waals surface area contributed by atoms with Crippen molar-refractivity contribution in [2.24, 2.45) is 5.92 Å². The van der Waals surface area contributed by atoms with E-state index in [0.717, 1.165) is 11.1 Å². The van der Waals surface area contributed by atoms with Crippen LogP contribution in [0.3, 0.4) is 0 Å². The Morgan fingerprint density at radius 3 is 2.60 bits per heavy atom. The second-order valence-electron chi connectivity index (χ2n) is 6.48. The molecule has 1 saturated heterocycles. The number of hydrogen-bond donors (Lipinski definition) is 1. The Hall–Kier alpha value is -2.95. The van der Waals surface area contributed by atoms with E-state index in [4.69, 9.17) is 0 Å². The number of amides is 1. The molecule has 5 nitrogen and oxygen atoms in total. The predicted octanol–water partition coefficient (Wildman–Crippen LogP) is 2.85. The third-order valence-electron chi connectivity index (χ3n) is 5.14. The summed E-state index contributed by atoms with van der Waals surface area (Å²) < 4.78 is 0. The van der Waals surface area contributed by atoms with Gasteiger partial charge in [0.25, 0.3) is 5.91 Å². The van der Waals surface area contributed by atoms with Crippen molar-refractivity contribution >= 4 is 17.4 Å². The third kappa shape index (κ3) is 2.61. The fraction of sp³-hybridized carbons (Fsp3) is 0.250. The average Bonchev–Trinajstić information content (AvgIpc) is 2.92. The molecule has 2 bridgehead atoms. The van der Waals surface area contributed by atoms with Crippen molar-refractivity contribution in [2.75, 3.05) is 0 Å². The minimum atomic E-state index is -0.834. The first-order valence-corrected chi connectivity index (χ1v) is 8.38. The van der Waals surface area contributed by atoms with E-state index in [1.54, 1.807) is 29.4 Å². The van der Waals surface area contributed by atoms with Gasteiger partial charge in [0, 0.05) is 24.0 Å². The molecule has 2 aromatic rings. The van der Waals surface area contributed by atoms with Crippen molar-refractivity contribution in [3.8, 4) is 0 Å². The highest BCUT2D eigenvalue weighted by molar-refractivity contribution is 5.97. The van der Waals surface area contributed by atoms with Crippen LogP contribution in [-0.2, 0) is 4.79 Å². The van der Waals surface area contributed by atoms with Crippen molar-refractivity contribution in [1.82, 2.24) is 9.88 Å². The summed E-state index contributed by atoms with van der Waals surface area (Å²) in [4.78, 5) is 30.8. The van der Waals surface area contributed by atoms with E-state index in [9.17, 15) is 14.7 Å². The maximum absolute atomic E-state index is 13.1. The molecule has 0 spiro atoms. The molecule has 25 heavy (non-hydrogen) atoms. The molecule has 1 N–H and O–H groups in total. The molecule has 0 unspecified atom stereocenters. The SMILES string of the molecule is O=C(O)[C@H]1C[C@H]2C(c3cccnc3)=CC[C@@H]1N2C(=O)c1ccccc1. The molecule has 3 atom stereocenters. The molecule has 0 saturated carbocycles. The highest BCUT2D eigenvalue weighted by Crippen LogP contribution is 2.44. The first kappa shape index (κ1) is 15.6. The standard InChI is InChI=1S/C20H18N2O3/c23-19(13-5-2-1-3-6-13)22-17-9-8-15(14-7-4-10-21-12-14)18(22)11-16(17)20(24)25/h1-8,10,12,16-18H,9,11H2,(H,24,25)/t16-,17-,18-/m0/s1. The molecular weight excluding hydrogens is 316 g/mol. The maximum atomic E-state index is 13.1. The largest absolute Gasteiger partial charge is 0.481 e. The number of carboxylic acid groups (broad SMARTS) is 1. The van der Waals surface area contributed by atoms with Gasteiger partial charge in [0.15, 0.2) is 0 Å². The van der Waals surface area contributed by atoms with Gasteiger partial charge in [-0.05, 0) is 42.2 Å². The van der Waals surface area contributed by atoms with Crippen molar-refractivity contribution in [2.45, 2.75) is 24.9 Å². The highest BCUT2D eigenvalue weighted by Gasteiger charge is 2.50. The number of carboxylic acids is 1. The summed E-state index contributed by atoms with van der Waals surface area (Å²) in [5, 5.41) is 9.61. The van der Waals surface area contributed by atoms with Gasteiger partial charge in [0.2, 0.25) is 0 Å². The highest BCUT2D eigenvalue weighted by atomic mass is 16.4. The summed E-state index contributed by atoms with van der Waals surface area (Å²) in [6, 6.07) is 12.4. The van der Waals surface area contributed by atoms with E-state index >= 15 is 0 Å². The molecular formula is C20H18N2O3. The van der Waals surface area contributed by atoms with Gasteiger partial charge in [-0.15, -0.1) is 0 Å². The normalized spacial score (nSPS) is 24.7. The van der Waals surface area contributed by atoms with Crippen molar-refractivity contribution in [1.29, 1.82) is 0 Å².